The normalized spacial score (nSPS) is 32.6. The lowest BCUT2D eigenvalue weighted by molar-refractivity contribution is -0.164. The summed E-state index contributed by atoms with van der Waals surface area (Å²) in [6.45, 7) is 0. The van der Waals surface area contributed by atoms with Gasteiger partial charge in [0.15, 0.2) is 17.2 Å². The number of hydrogen-bond acceptors (Lipinski definition) is 9. The standard InChI is InChI=1S/C27H29BrN2O9/c28-12-7-17-16-30(24(35)29-23(17)34)20-15-27(38,19(32)14-26(37)10-5-2-6-11-26)22(39-20)21(33)18(31)13-25(36)8-3-1-4-9-25/h1-8,10,12,16,20-22,33,36-38H,9,11,13-15H2,(H,29,34,35)/b12-7+/t20-,21?,22-,25?,26?,27-/m1/s1. The minimum atomic E-state index is -2.50. The number of aromatic nitrogens is 2. The average Bonchev–Trinajstić information content (AvgIpc) is 3.24. The van der Waals surface area contributed by atoms with Crippen LogP contribution in [-0.4, -0.2) is 70.6 Å². The van der Waals surface area contributed by atoms with E-state index in [4.69, 9.17) is 4.74 Å². The first-order chi connectivity index (χ1) is 18.4. The Kier molecular flexibility index (Phi) is 8.36. The van der Waals surface area contributed by atoms with Crippen molar-refractivity contribution in [3.05, 3.63) is 86.2 Å². The van der Waals surface area contributed by atoms with Crippen molar-refractivity contribution in [2.45, 2.75) is 67.3 Å². The summed E-state index contributed by atoms with van der Waals surface area (Å²) in [6.07, 6.45) is 8.41. The van der Waals surface area contributed by atoms with Crippen LogP contribution < -0.4 is 11.2 Å². The van der Waals surface area contributed by atoms with Crippen LogP contribution in [0.4, 0.5) is 0 Å². The fourth-order valence-electron chi connectivity index (χ4n) is 4.96. The van der Waals surface area contributed by atoms with Crippen LogP contribution in [0.25, 0.3) is 6.08 Å². The van der Waals surface area contributed by atoms with Gasteiger partial charge in [-0.05, 0) is 23.9 Å². The molecule has 1 aliphatic heterocycles. The lowest BCUT2D eigenvalue weighted by atomic mass is 9.78. The second-order valence-electron chi connectivity index (χ2n) is 10.1. The smallest absolute Gasteiger partial charge is 0.330 e. The van der Waals surface area contributed by atoms with Gasteiger partial charge < -0.3 is 25.2 Å². The molecule has 0 bridgehead atoms. The Bertz CT molecular complexity index is 1410. The molecular weight excluding hydrogens is 576 g/mol. The number of halogens is 1. The van der Waals surface area contributed by atoms with Crippen molar-refractivity contribution in [1.82, 2.24) is 9.55 Å². The van der Waals surface area contributed by atoms with Crippen molar-refractivity contribution >= 4 is 33.6 Å². The van der Waals surface area contributed by atoms with Crippen LogP contribution >= 0.6 is 15.9 Å². The summed E-state index contributed by atoms with van der Waals surface area (Å²) in [5, 5.41) is 44.3. The van der Waals surface area contributed by atoms with E-state index in [1.807, 2.05) is 0 Å². The third kappa shape index (κ3) is 6.11. The fraction of sp³-hybridized carbons (Fsp3) is 0.407. The van der Waals surface area contributed by atoms with Crippen molar-refractivity contribution in [3.8, 4) is 0 Å². The molecule has 2 aliphatic carbocycles. The highest BCUT2D eigenvalue weighted by Gasteiger charge is 2.58. The summed E-state index contributed by atoms with van der Waals surface area (Å²) in [5.74, 6) is -1.81. The molecule has 5 N–H and O–H groups in total. The molecular formula is C27H29BrN2O9. The maximum Gasteiger partial charge on any atom is 0.330 e. The zero-order chi connectivity index (χ0) is 28.4. The zero-order valence-electron chi connectivity index (χ0n) is 20.8. The van der Waals surface area contributed by atoms with E-state index in [2.05, 4.69) is 20.9 Å². The molecule has 4 rings (SSSR count). The van der Waals surface area contributed by atoms with Gasteiger partial charge in [-0.3, -0.25) is 23.9 Å². The molecule has 11 nitrogen and oxygen atoms in total. The highest BCUT2D eigenvalue weighted by molar-refractivity contribution is 9.11. The maximum atomic E-state index is 13.5. The molecule has 1 fully saturated rings. The number of ether oxygens (including phenoxy) is 1. The van der Waals surface area contributed by atoms with Gasteiger partial charge in [-0.2, -0.15) is 0 Å². The minimum Gasteiger partial charge on any atom is -0.385 e. The molecule has 1 aromatic rings. The van der Waals surface area contributed by atoms with Gasteiger partial charge in [0, 0.05) is 25.5 Å². The van der Waals surface area contributed by atoms with E-state index < -0.39 is 77.3 Å². The predicted octanol–water partition coefficient (Wildman–Crippen LogP) is 0.694. The maximum absolute atomic E-state index is 13.5. The number of rotatable bonds is 9. The molecule has 6 atom stereocenters. The first-order valence-electron chi connectivity index (χ1n) is 12.3. The van der Waals surface area contributed by atoms with Gasteiger partial charge in [-0.1, -0.05) is 64.5 Å². The summed E-state index contributed by atoms with van der Waals surface area (Å²) in [5.41, 5.74) is -7.23. The number of aliphatic hydroxyl groups is 4. The molecule has 3 aliphatic rings. The van der Waals surface area contributed by atoms with Gasteiger partial charge in [-0.25, -0.2) is 4.79 Å². The Balaban J connectivity index is 1.68. The summed E-state index contributed by atoms with van der Waals surface area (Å²) in [4.78, 5) is 54.9. The van der Waals surface area contributed by atoms with Crippen LogP contribution in [0.5, 0.6) is 0 Å². The van der Waals surface area contributed by atoms with E-state index in [1.54, 1.807) is 36.5 Å². The summed E-state index contributed by atoms with van der Waals surface area (Å²) in [7, 11) is 0. The third-order valence-corrected chi connectivity index (χ3v) is 7.37. The number of nitrogens with zero attached hydrogens (tertiary/aromatic N) is 1. The number of H-pyrrole nitrogens is 1. The highest BCUT2D eigenvalue weighted by atomic mass is 79.9. The summed E-state index contributed by atoms with van der Waals surface area (Å²) >= 11 is 3.06. The summed E-state index contributed by atoms with van der Waals surface area (Å²) < 4.78 is 6.75. The molecule has 0 amide bonds. The molecule has 0 spiro atoms. The monoisotopic (exact) mass is 604 g/mol. The van der Waals surface area contributed by atoms with Crippen LogP contribution in [0, 0.1) is 0 Å². The Morgan fingerprint density at radius 3 is 2.26 bits per heavy atom. The van der Waals surface area contributed by atoms with Crippen LogP contribution in [0.3, 0.4) is 0 Å². The molecule has 12 heteroatoms. The Morgan fingerprint density at radius 1 is 1.08 bits per heavy atom. The van der Waals surface area contributed by atoms with Gasteiger partial charge in [0.2, 0.25) is 0 Å². The Labute approximate surface area is 231 Å². The van der Waals surface area contributed by atoms with E-state index in [-0.39, 0.29) is 18.4 Å². The van der Waals surface area contributed by atoms with E-state index in [9.17, 15) is 39.6 Å². The van der Waals surface area contributed by atoms with Crippen molar-refractivity contribution in [2.24, 2.45) is 0 Å². The second kappa shape index (κ2) is 11.2. The Morgan fingerprint density at radius 2 is 1.69 bits per heavy atom. The van der Waals surface area contributed by atoms with Gasteiger partial charge in [0.25, 0.3) is 5.56 Å². The number of hydrogen-bond donors (Lipinski definition) is 5. The van der Waals surface area contributed by atoms with E-state index in [1.165, 1.54) is 23.2 Å². The van der Waals surface area contributed by atoms with Crippen molar-refractivity contribution in [1.29, 1.82) is 0 Å². The first-order valence-corrected chi connectivity index (χ1v) is 13.2. The Hall–Kier alpha value is -3.00. The molecule has 2 heterocycles. The van der Waals surface area contributed by atoms with Crippen LogP contribution in [0.1, 0.15) is 43.9 Å². The second-order valence-corrected chi connectivity index (χ2v) is 10.6. The lowest BCUT2D eigenvalue weighted by Crippen LogP contribution is -2.55. The number of carbonyl (C=O) groups excluding carboxylic acids is 2. The number of ketones is 2. The number of nitrogens with one attached hydrogen (secondary N) is 1. The minimum absolute atomic E-state index is 0.0535. The lowest BCUT2D eigenvalue weighted by Gasteiger charge is -2.34. The molecule has 1 aromatic heterocycles. The van der Waals surface area contributed by atoms with Gasteiger partial charge in [0.05, 0.1) is 16.8 Å². The highest BCUT2D eigenvalue weighted by Crippen LogP contribution is 2.41. The van der Waals surface area contributed by atoms with E-state index in [0.717, 1.165) is 10.8 Å². The molecule has 1 saturated heterocycles. The van der Waals surface area contributed by atoms with Crippen molar-refractivity contribution in [2.75, 3.05) is 0 Å². The van der Waals surface area contributed by atoms with Crippen LogP contribution in [0.15, 0.2) is 69.4 Å². The quantitative estimate of drug-likeness (QED) is 0.271. The molecule has 0 radical (unpaired) electrons. The first kappa shape index (κ1) is 29.0. The third-order valence-electron chi connectivity index (χ3n) is 7.10. The van der Waals surface area contributed by atoms with Gasteiger partial charge in [0.1, 0.15) is 18.4 Å². The predicted molar refractivity (Wildman–Crippen MR) is 144 cm³/mol. The number of Topliss-reactive ketones (excluding diaryl/α,β-unsaturated/α-hetero) is 2. The topological polar surface area (TPSA) is 179 Å². The SMILES string of the molecule is O=C(CC1(O)C=CC=CC1)C(O)[C@H]1O[C@@H](n2cc(/C=C/Br)c(=O)[nH]c2=O)C[C@@]1(O)C(=O)CC1(O)C=CC=CC1. The summed E-state index contributed by atoms with van der Waals surface area (Å²) in [6, 6.07) is 0. The number of aliphatic hydroxyl groups excluding tert-OH is 1. The van der Waals surface area contributed by atoms with Crippen molar-refractivity contribution in [3.63, 3.8) is 0 Å². The van der Waals surface area contributed by atoms with Crippen molar-refractivity contribution < 1.29 is 34.8 Å². The molecule has 208 valence electrons. The fourth-order valence-corrected chi connectivity index (χ4v) is 5.25. The largest absolute Gasteiger partial charge is 0.385 e. The number of aromatic amines is 1. The molecule has 3 unspecified atom stereocenters. The van der Waals surface area contributed by atoms with E-state index >= 15 is 0 Å². The number of allylic oxidation sites excluding steroid dienone is 4. The average molecular weight is 605 g/mol. The molecule has 39 heavy (non-hydrogen) atoms. The van der Waals surface area contributed by atoms with Gasteiger partial charge in [-0.15, -0.1) is 0 Å². The van der Waals surface area contributed by atoms with E-state index in [0.29, 0.717) is 0 Å². The van der Waals surface area contributed by atoms with Crippen LogP contribution in [-0.2, 0) is 14.3 Å². The number of carbonyl (C=O) groups is 2. The van der Waals surface area contributed by atoms with Gasteiger partial charge >= 0.3 is 5.69 Å². The van der Waals surface area contributed by atoms with Crippen LogP contribution in [0.2, 0.25) is 0 Å². The zero-order valence-corrected chi connectivity index (χ0v) is 22.4. The molecule has 0 aromatic carbocycles. The molecule has 0 saturated carbocycles.